The summed E-state index contributed by atoms with van der Waals surface area (Å²) < 4.78 is 5.44. The molecule has 0 bridgehead atoms. The van der Waals surface area contributed by atoms with Crippen LogP contribution in [0.3, 0.4) is 0 Å². The van der Waals surface area contributed by atoms with Gasteiger partial charge in [-0.25, -0.2) is 0 Å². The van der Waals surface area contributed by atoms with Crippen molar-refractivity contribution in [2.75, 3.05) is 59.0 Å². The van der Waals surface area contributed by atoms with Crippen LogP contribution in [0.2, 0.25) is 0 Å². The van der Waals surface area contributed by atoms with E-state index in [1.807, 2.05) is 0 Å². The standard InChI is InChI=1S/C18H33N3O2.2ClH/c22-18(2-1-16-3-7-19-8-4-16)21-11-9-20(10-12-21)15-17-5-13-23-14-6-17;;/h16-17,19H,1-15H2;2*1H. The molecule has 0 radical (unpaired) electrons. The number of halogens is 2. The first-order valence-electron chi connectivity index (χ1n) is 9.60. The zero-order chi connectivity index (χ0) is 15.9. The molecular weight excluding hydrogens is 361 g/mol. The number of ether oxygens (including phenoxy) is 1. The predicted molar refractivity (Wildman–Crippen MR) is 106 cm³/mol. The molecule has 3 rings (SSSR count). The third-order valence-corrected chi connectivity index (χ3v) is 5.81. The predicted octanol–water partition coefficient (Wildman–Crippen LogP) is 2.18. The molecule has 3 saturated heterocycles. The van der Waals surface area contributed by atoms with E-state index in [4.69, 9.17) is 4.74 Å². The first-order chi connectivity index (χ1) is 11.3. The van der Waals surface area contributed by atoms with Gasteiger partial charge < -0.3 is 15.0 Å². The highest BCUT2D eigenvalue weighted by Gasteiger charge is 2.24. The van der Waals surface area contributed by atoms with Crippen LogP contribution < -0.4 is 5.32 Å². The molecule has 1 N–H and O–H groups in total. The van der Waals surface area contributed by atoms with E-state index in [0.29, 0.717) is 5.91 Å². The summed E-state index contributed by atoms with van der Waals surface area (Å²) in [6.45, 7) is 9.27. The van der Waals surface area contributed by atoms with Crippen molar-refractivity contribution in [2.24, 2.45) is 11.8 Å². The van der Waals surface area contributed by atoms with Crippen molar-refractivity contribution >= 4 is 30.7 Å². The molecule has 0 unspecified atom stereocenters. The van der Waals surface area contributed by atoms with Gasteiger partial charge in [0.25, 0.3) is 0 Å². The van der Waals surface area contributed by atoms with Gasteiger partial charge in [0, 0.05) is 52.4 Å². The lowest BCUT2D eigenvalue weighted by Crippen LogP contribution is -2.50. The Hall–Kier alpha value is -0.0700. The maximum atomic E-state index is 12.4. The van der Waals surface area contributed by atoms with Crippen LogP contribution >= 0.6 is 24.8 Å². The van der Waals surface area contributed by atoms with Gasteiger partial charge >= 0.3 is 0 Å². The second kappa shape index (κ2) is 12.3. The molecule has 0 aromatic heterocycles. The average Bonchev–Trinajstić information content (AvgIpc) is 2.62. The third kappa shape index (κ3) is 7.59. The van der Waals surface area contributed by atoms with E-state index in [1.165, 1.54) is 32.2 Å². The lowest BCUT2D eigenvalue weighted by atomic mass is 9.93. The molecule has 1 amide bonds. The molecule has 3 aliphatic rings. The van der Waals surface area contributed by atoms with Gasteiger partial charge in [-0.1, -0.05) is 0 Å². The molecule has 3 fully saturated rings. The maximum Gasteiger partial charge on any atom is 0.222 e. The number of hydrogen-bond donors (Lipinski definition) is 1. The highest BCUT2D eigenvalue weighted by molar-refractivity contribution is 5.85. The number of piperidine rings is 1. The van der Waals surface area contributed by atoms with E-state index in [-0.39, 0.29) is 24.8 Å². The summed E-state index contributed by atoms with van der Waals surface area (Å²) in [5.74, 6) is 1.94. The Morgan fingerprint density at radius 1 is 0.920 bits per heavy atom. The van der Waals surface area contributed by atoms with Gasteiger partial charge in [-0.05, 0) is 57.0 Å². The second-order valence-corrected chi connectivity index (χ2v) is 7.47. The Balaban J connectivity index is 0.00000156. The molecule has 25 heavy (non-hydrogen) atoms. The van der Waals surface area contributed by atoms with Gasteiger partial charge in [0.05, 0.1) is 0 Å². The minimum absolute atomic E-state index is 0. The fourth-order valence-corrected chi connectivity index (χ4v) is 4.13. The molecule has 7 heteroatoms. The second-order valence-electron chi connectivity index (χ2n) is 7.47. The fraction of sp³-hybridized carbons (Fsp3) is 0.944. The van der Waals surface area contributed by atoms with Crippen LogP contribution in [0.4, 0.5) is 0 Å². The van der Waals surface area contributed by atoms with Crippen LogP contribution in [0.1, 0.15) is 38.5 Å². The summed E-state index contributed by atoms with van der Waals surface area (Å²) in [4.78, 5) is 17.1. The Morgan fingerprint density at radius 3 is 2.20 bits per heavy atom. The zero-order valence-corrected chi connectivity index (χ0v) is 16.9. The largest absolute Gasteiger partial charge is 0.381 e. The summed E-state index contributed by atoms with van der Waals surface area (Å²) in [7, 11) is 0. The average molecular weight is 396 g/mol. The zero-order valence-electron chi connectivity index (χ0n) is 15.3. The number of piperazine rings is 1. The Kier molecular flexibility index (Phi) is 11.3. The van der Waals surface area contributed by atoms with Crippen molar-refractivity contribution in [3.8, 4) is 0 Å². The normalized spacial score (nSPS) is 23.6. The van der Waals surface area contributed by atoms with Crippen LogP contribution in [0.25, 0.3) is 0 Å². The summed E-state index contributed by atoms with van der Waals surface area (Å²) in [6, 6.07) is 0. The molecule has 3 aliphatic heterocycles. The van der Waals surface area contributed by atoms with E-state index in [2.05, 4.69) is 15.1 Å². The summed E-state index contributed by atoms with van der Waals surface area (Å²) in [5.41, 5.74) is 0. The molecular formula is C18H35Cl2N3O2. The van der Waals surface area contributed by atoms with Crippen molar-refractivity contribution in [1.82, 2.24) is 15.1 Å². The number of hydrogen-bond acceptors (Lipinski definition) is 4. The highest BCUT2D eigenvalue weighted by atomic mass is 35.5. The Morgan fingerprint density at radius 2 is 1.56 bits per heavy atom. The minimum atomic E-state index is 0. The van der Waals surface area contributed by atoms with E-state index < -0.39 is 0 Å². The lowest BCUT2D eigenvalue weighted by Gasteiger charge is -2.37. The molecule has 3 heterocycles. The molecule has 0 spiro atoms. The Bertz CT molecular complexity index is 367. The summed E-state index contributed by atoms with van der Waals surface area (Å²) in [5, 5.41) is 3.40. The van der Waals surface area contributed by atoms with Crippen LogP contribution in [-0.2, 0) is 9.53 Å². The van der Waals surface area contributed by atoms with Gasteiger partial charge in [0.1, 0.15) is 0 Å². The molecule has 0 aliphatic carbocycles. The summed E-state index contributed by atoms with van der Waals surface area (Å²) in [6.07, 6.45) is 6.73. The number of carbonyl (C=O) groups is 1. The van der Waals surface area contributed by atoms with Gasteiger partial charge in [-0.3, -0.25) is 9.69 Å². The first kappa shape index (κ1) is 23.0. The smallest absolute Gasteiger partial charge is 0.222 e. The van der Waals surface area contributed by atoms with Crippen LogP contribution in [0.5, 0.6) is 0 Å². The first-order valence-corrected chi connectivity index (χ1v) is 9.60. The van der Waals surface area contributed by atoms with Crippen LogP contribution in [0, 0.1) is 11.8 Å². The van der Waals surface area contributed by atoms with Crippen LogP contribution in [0.15, 0.2) is 0 Å². The maximum absolute atomic E-state index is 12.4. The number of nitrogens with one attached hydrogen (secondary N) is 1. The van der Waals surface area contributed by atoms with E-state index in [9.17, 15) is 4.79 Å². The Labute approximate surface area is 165 Å². The van der Waals surface area contributed by atoms with Gasteiger partial charge in [-0.2, -0.15) is 0 Å². The fourth-order valence-electron chi connectivity index (χ4n) is 4.13. The van der Waals surface area contributed by atoms with Gasteiger partial charge in [-0.15, -0.1) is 24.8 Å². The molecule has 5 nitrogen and oxygen atoms in total. The van der Waals surface area contributed by atoms with E-state index in [1.54, 1.807) is 0 Å². The van der Waals surface area contributed by atoms with E-state index in [0.717, 1.165) is 77.2 Å². The quantitative estimate of drug-likeness (QED) is 0.774. The number of amides is 1. The lowest BCUT2D eigenvalue weighted by molar-refractivity contribution is -0.133. The minimum Gasteiger partial charge on any atom is -0.381 e. The van der Waals surface area contributed by atoms with Crippen molar-refractivity contribution < 1.29 is 9.53 Å². The third-order valence-electron chi connectivity index (χ3n) is 5.81. The molecule has 0 aromatic carbocycles. The van der Waals surface area contributed by atoms with Gasteiger partial charge in [0.2, 0.25) is 5.91 Å². The molecule has 148 valence electrons. The van der Waals surface area contributed by atoms with Crippen LogP contribution in [-0.4, -0.2) is 74.7 Å². The summed E-state index contributed by atoms with van der Waals surface area (Å²) >= 11 is 0. The monoisotopic (exact) mass is 395 g/mol. The van der Waals surface area contributed by atoms with Crippen molar-refractivity contribution in [1.29, 1.82) is 0 Å². The number of nitrogens with zero attached hydrogens (tertiary/aromatic N) is 2. The number of carbonyl (C=O) groups excluding carboxylic acids is 1. The van der Waals surface area contributed by atoms with Crippen molar-refractivity contribution in [2.45, 2.75) is 38.5 Å². The van der Waals surface area contributed by atoms with Gasteiger partial charge in [0.15, 0.2) is 0 Å². The SMILES string of the molecule is Cl.Cl.O=C(CCC1CCNCC1)N1CCN(CC2CCOCC2)CC1. The van der Waals surface area contributed by atoms with Crippen molar-refractivity contribution in [3.05, 3.63) is 0 Å². The molecule has 0 atom stereocenters. The van der Waals surface area contributed by atoms with Crippen molar-refractivity contribution in [3.63, 3.8) is 0 Å². The van der Waals surface area contributed by atoms with E-state index >= 15 is 0 Å². The topological polar surface area (TPSA) is 44.8 Å². The number of rotatable bonds is 5. The molecule has 0 saturated carbocycles. The highest BCUT2D eigenvalue weighted by Crippen LogP contribution is 2.20. The molecule has 0 aromatic rings.